The van der Waals surface area contributed by atoms with Gasteiger partial charge in [0.2, 0.25) is 0 Å². The number of nitrogens with zero attached hydrogens (tertiary/aromatic N) is 2. The maximum Gasteiger partial charge on any atom is 0.294 e. The summed E-state index contributed by atoms with van der Waals surface area (Å²) in [4.78, 5) is 0. The molecule has 0 atom stereocenters. The molecular formula is C9H15N3O2S. The third-order valence-electron chi connectivity index (χ3n) is 2.03. The average Bonchev–Trinajstić information content (AvgIpc) is 2.60. The minimum absolute atomic E-state index is 0.175. The molecule has 0 bridgehead atoms. The van der Waals surface area contributed by atoms with Gasteiger partial charge in [-0.3, -0.25) is 0 Å². The van der Waals surface area contributed by atoms with E-state index in [0.717, 1.165) is 24.5 Å². The molecule has 0 radical (unpaired) electrons. The molecule has 0 saturated carbocycles. The maximum atomic E-state index is 5.53. The van der Waals surface area contributed by atoms with Crippen molar-refractivity contribution in [1.29, 1.82) is 0 Å². The van der Waals surface area contributed by atoms with Gasteiger partial charge in [-0.2, -0.15) is 0 Å². The van der Waals surface area contributed by atoms with Gasteiger partial charge in [0.1, 0.15) is 11.1 Å². The number of aromatic nitrogens is 2. The number of ether oxygens (including phenoxy) is 2. The molecule has 2 rings (SSSR count). The van der Waals surface area contributed by atoms with Crippen molar-refractivity contribution in [1.82, 2.24) is 15.5 Å². The molecule has 1 aliphatic rings. The van der Waals surface area contributed by atoms with E-state index >= 15 is 0 Å². The summed E-state index contributed by atoms with van der Waals surface area (Å²) in [5.74, 6) is 0. The molecule has 1 fully saturated rings. The predicted molar refractivity (Wildman–Crippen MR) is 57.1 cm³/mol. The molecule has 1 aromatic heterocycles. The summed E-state index contributed by atoms with van der Waals surface area (Å²) in [6, 6.07) is 0. The molecule has 84 valence electrons. The number of hydrogen-bond acceptors (Lipinski definition) is 6. The van der Waals surface area contributed by atoms with Crippen LogP contribution in [0.2, 0.25) is 0 Å². The van der Waals surface area contributed by atoms with E-state index in [1.54, 1.807) is 0 Å². The average molecular weight is 229 g/mol. The van der Waals surface area contributed by atoms with E-state index in [0.29, 0.717) is 18.4 Å². The van der Waals surface area contributed by atoms with Gasteiger partial charge in [-0.15, -0.1) is 5.10 Å². The number of nitrogens with one attached hydrogen (secondary N) is 1. The zero-order valence-electron chi connectivity index (χ0n) is 8.73. The smallest absolute Gasteiger partial charge is 0.294 e. The van der Waals surface area contributed by atoms with Gasteiger partial charge >= 0.3 is 0 Å². The molecule has 0 aromatic carbocycles. The lowest BCUT2D eigenvalue weighted by Gasteiger charge is -2.24. The van der Waals surface area contributed by atoms with E-state index in [1.807, 2.05) is 0 Å². The van der Waals surface area contributed by atoms with Crippen LogP contribution in [0.1, 0.15) is 18.4 Å². The fraction of sp³-hybridized carbons (Fsp3) is 0.778. The monoisotopic (exact) mass is 229 g/mol. The first-order valence-corrected chi connectivity index (χ1v) is 5.97. The highest BCUT2D eigenvalue weighted by Gasteiger charge is 2.21. The van der Waals surface area contributed by atoms with Crippen LogP contribution in [0.15, 0.2) is 0 Å². The summed E-state index contributed by atoms with van der Waals surface area (Å²) in [6.07, 6.45) is 1.30. The third-order valence-corrected chi connectivity index (χ3v) is 2.84. The second kappa shape index (κ2) is 5.39. The van der Waals surface area contributed by atoms with Crippen molar-refractivity contribution in [2.45, 2.75) is 26.0 Å². The predicted octanol–water partition coefficient (Wildman–Crippen LogP) is 0.815. The van der Waals surface area contributed by atoms with Crippen molar-refractivity contribution in [2.75, 3.05) is 19.8 Å². The second-order valence-electron chi connectivity index (χ2n) is 3.42. The Kier molecular flexibility index (Phi) is 3.87. The first kappa shape index (κ1) is 10.8. The van der Waals surface area contributed by atoms with E-state index in [-0.39, 0.29) is 6.10 Å². The molecule has 1 N–H and O–H groups in total. The molecule has 0 amide bonds. The summed E-state index contributed by atoms with van der Waals surface area (Å²) in [5, 5.41) is 12.9. The van der Waals surface area contributed by atoms with Crippen LogP contribution < -0.4 is 10.1 Å². The molecule has 0 aliphatic carbocycles. The van der Waals surface area contributed by atoms with Crippen LogP contribution in [-0.4, -0.2) is 36.1 Å². The lowest BCUT2D eigenvalue weighted by atomic mass is 10.3. The van der Waals surface area contributed by atoms with Gasteiger partial charge in [-0.25, -0.2) is 0 Å². The zero-order chi connectivity index (χ0) is 10.5. The van der Waals surface area contributed by atoms with Crippen molar-refractivity contribution < 1.29 is 9.47 Å². The van der Waals surface area contributed by atoms with Crippen molar-refractivity contribution in [3.8, 4) is 5.19 Å². The Morgan fingerprint density at radius 1 is 1.53 bits per heavy atom. The number of hydrogen-bond donors (Lipinski definition) is 1. The Morgan fingerprint density at radius 3 is 3.07 bits per heavy atom. The highest BCUT2D eigenvalue weighted by atomic mass is 32.1. The van der Waals surface area contributed by atoms with Crippen LogP contribution in [0.25, 0.3) is 0 Å². The third kappa shape index (κ3) is 3.12. The molecule has 2 heterocycles. The fourth-order valence-corrected chi connectivity index (χ4v) is 1.88. The topological polar surface area (TPSA) is 56.3 Å². The Hall–Kier alpha value is -0.720. The molecule has 1 saturated heterocycles. The quantitative estimate of drug-likeness (QED) is 0.732. The lowest BCUT2D eigenvalue weighted by Crippen LogP contribution is -2.38. The van der Waals surface area contributed by atoms with Crippen molar-refractivity contribution in [2.24, 2.45) is 0 Å². The Morgan fingerprint density at radius 2 is 2.40 bits per heavy atom. The zero-order valence-corrected chi connectivity index (χ0v) is 9.55. The van der Waals surface area contributed by atoms with Crippen LogP contribution in [-0.2, 0) is 11.3 Å². The van der Waals surface area contributed by atoms with Crippen LogP contribution in [0.5, 0.6) is 5.19 Å². The van der Waals surface area contributed by atoms with Crippen LogP contribution in [0.3, 0.4) is 0 Å². The fourth-order valence-electron chi connectivity index (χ4n) is 1.15. The first-order chi connectivity index (χ1) is 7.38. The van der Waals surface area contributed by atoms with E-state index in [9.17, 15) is 0 Å². The second-order valence-corrected chi connectivity index (χ2v) is 4.44. The molecule has 1 aromatic rings. The Bertz CT molecular complexity index is 301. The van der Waals surface area contributed by atoms with Crippen LogP contribution in [0.4, 0.5) is 0 Å². The summed E-state index contributed by atoms with van der Waals surface area (Å²) in [6.45, 7) is 5.26. The van der Waals surface area contributed by atoms with E-state index in [1.165, 1.54) is 11.3 Å². The molecule has 15 heavy (non-hydrogen) atoms. The van der Waals surface area contributed by atoms with Gasteiger partial charge in [-0.1, -0.05) is 23.4 Å². The first-order valence-electron chi connectivity index (χ1n) is 5.16. The van der Waals surface area contributed by atoms with Crippen molar-refractivity contribution >= 4 is 11.3 Å². The Labute approximate surface area is 92.8 Å². The van der Waals surface area contributed by atoms with Crippen molar-refractivity contribution in [3.05, 3.63) is 5.01 Å². The van der Waals surface area contributed by atoms with Crippen LogP contribution in [0, 0.1) is 0 Å². The van der Waals surface area contributed by atoms with E-state index in [4.69, 9.17) is 9.47 Å². The van der Waals surface area contributed by atoms with Crippen LogP contribution >= 0.6 is 11.3 Å². The normalized spacial score (nSPS) is 16.3. The van der Waals surface area contributed by atoms with E-state index in [2.05, 4.69) is 22.4 Å². The standard InChI is InChI=1S/C9H15N3O2S/c1-2-3-10-4-8-11-12-9(15-8)14-7-5-13-6-7/h7,10H,2-6H2,1H3. The minimum atomic E-state index is 0.175. The van der Waals surface area contributed by atoms with Gasteiger partial charge in [0, 0.05) is 6.54 Å². The van der Waals surface area contributed by atoms with E-state index < -0.39 is 0 Å². The molecule has 6 heteroatoms. The molecule has 1 aliphatic heterocycles. The van der Waals surface area contributed by atoms with Gasteiger partial charge in [0.15, 0.2) is 0 Å². The number of rotatable bonds is 6. The highest BCUT2D eigenvalue weighted by Crippen LogP contribution is 2.20. The molecular weight excluding hydrogens is 214 g/mol. The summed E-state index contributed by atoms with van der Waals surface area (Å²) in [5.41, 5.74) is 0. The SMILES string of the molecule is CCCNCc1nnc(OC2COC2)s1. The maximum absolute atomic E-state index is 5.53. The molecule has 0 spiro atoms. The lowest BCUT2D eigenvalue weighted by molar-refractivity contribution is -0.0799. The van der Waals surface area contributed by atoms with Gasteiger partial charge in [0.25, 0.3) is 5.19 Å². The van der Waals surface area contributed by atoms with Gasteiger partial charge in [-0.05, 0) is 13.0 Å². The Balaban J connectivity index is 1.75. The molecule has 0 unspecified atom stereocenters. The summed E-state index contributed by atoms with van der Waals surface area (Å²) in [7, 11) is 0. The van der Waals surface area contributed by atoms with Gasteiger partial charge < -0.3 is 14.8 Å². The minimum Gasteiger partial charge on any atom is -0.461 e. The van der Waals surface area contributed by atoms with Crippen molar-refractivity contribution in [3.63, 3.8) is 0 Å². The highest BCUT2D eigenvalue weighted by molar-refractivity contribution is 7.13. The summed E-state index contributed by atoms with van der Waals surface area (Å²) >= 11 is 1.50. The molecule has 5 nitrogen and oxygen atoms in total. The summed E-state index contributed by atoms with van der Waals surface area (Å²) < 4.78 is 10.5. The largest absolute Gasteiger partial charge is 0.461 e. The van der Waals surface area contributed by atoms with Gasteiger partial charge in [0.05, 0.1) is 13.2 Å².